The maximum absolute atomic E-state index is 12.9. The first-order valence-electron chi connectivity index (χ1n) is 7.58. The number of hydrogen-bond donors (Lipinski definition) is 2. The highest BCUT2D eigenvalue weighted by Gasteiger charge is 2.35. The number of aromatic nitrogens is 2. The summed E-state index contributed by atoms with van der Waals surface area (Å²) in [5.41, 5.74) is -0.510. The minimum Gasteiger partial charge on any atom is -0.353 e. The largest absolute Gasteiger partial charge is 0.433 e. The van der Waals surface area contributed by atoms with Gasteiger partial charge in [-0.15, -0.1) is 0 Å². The maximum Gasteiger partial charge on any atom is 0.433 e. The van der Waals surface area contributed by atoms with Crippen molar-refractivity contribution in [2.24, 2.45) is 5.92 Å². The Bertz CT molecular complexity index is 614. The van der Waals surface area contributed by atoms with E-state index < -0.39 is 17.9 Å². The Morgan fingerprint density at radius 3 is 2.83 bits per heavy atom. The fourth-order valence-electron chi connectivity index (χ4n) is 2.46. The normalized spacial score (nSPS) is 16.7. The van der Waals surface area contributed by atoms with Crippen molar-refractivity contribution in [2.45, 2.75) is 26.6 Å². The molecule has 0 aromatic carbocycles. The number of carbonyl (C=O) groups excluding carboxylic acids is 2. The Labute approximate surface area is 137 Å². The summed E-state index contributed by atoms with van der Waals surface area (Å²) in [5.74, 6) is -0.487. The smallest absolute Gasteiger partial charge is 0.353 e. The molecule has 1 aliphatic rings. The quantitative estimate of drug-likeness (QED) is 0.852. The van der Waals surface area contributed by atoms with Crippen LogP contribution in [0.25, 0.3) is 0 Å². The molecule has 2 N–H and O–H groups in total. The Morgan fingerprint density at radius 2 is 2.21 bits per heavy atom. The van der Waals surface area contributed by atoms with Gasteiger partial charge in [-0.05, 0) is 18.9 Å². The molecule has 2 rings (SSSR count). The number of urea groups is 1. The van der Waals surface area contributed by atoms with Crippen LogP contribution in [-0.4, -0.2) is 52.8 Å². The average Bonchev–Trinajstić information content (AvgIpc) is 2.85. The van der Waals surface area contributed by atoms with Gasteiger partial charge in [0.15, 0.2) is 0 Å². The molecule has 24 heavy (non-hydrogen) atoms. The first-order chi connectivity index (χ1) is 11.2. The van der Waals surface area contributed by atoms with Gasteiger partial charge in [-0.2, -0.15) is 18.3 Å². The highest BCUT2D eigenvalue weighted by atomic mass is 19.4. The van der Waals surface area contributed by atoms with E-state index in [0.717, 1.165) is 10.7 Å². The van der Waals surface area contributed by atoms with E-state index >= 15 is 0 Å². The van der Waals surface area contributed by atoms with Crippen LogP contribution < -0.4 is 10.6 Å². The summed E-state index contributed by atoms with van der Waals surface area (Å²) in [4.78, 5) is 24.6. The Kier molecular flexibility index (Phi) is 5.35. The third-order valence-electron chi connectivity index (χ3n) is 3.60. The predicted octanol–water partition coefficient (Wildman–Crippen LogP) is 0.988. The van der Waals surface area contributed by atoms with Crippen LogP contribution in [0.2, 0.25) is 0 Å². The minimum atomic E-state index is -4.47. The standard InChI is InChI=1S/C14H20F3N5O2/c1-9(6-19-13(24)21-4-3-18-12(23)8-21)7-22-11(14(15,16)17)5-10(2)20-22/h5,9H,3-4,6-8H2,1-2H3,(H,18,23)(H,19,24)/t9-/m0/s1. The van der Waals surface area contributed by atoms with Crippen LogP contribution in [0, 0.1) is 12.8 Å². The van der Waals surface area contributed by atoms with E-state index in [1.807, 2.05) is 0 Å². The SMILES string of the molecule is Cc1cc(C(F)(F)F)n(C[C@@H](C)CNC(=O)N2CCNC(=O)C2)n1. The lowest BCUT2D eigenvalue weighted by Crippen LogP contribution is -2.53. The molecule has 1 aliphatic heterocycles. The van der Waals surface area contributed by atoms with E-state index in [9.17, 15) is 22.8 Å². The molecule has 1 aromatic rings. The van der Waals surface area contributed by atoms with Crippen molar-refractivity contribution >= 4 is 11.9 Å². The lowest BCUT2D eigenvalue weighted by atomic mass is 10.2. The second-order valence-corrected chi connectivity index (χ2v) is 5.91. The van der Waals surface area contributed by atoms with Crippen LogP contribution in [0.15, 0.2) is 6.07 Å². The molecular weight excluding hydrogens is 327 g/mol. The van der Waals surface area contributed by atoms with Crippen molar-refractivity contribution in [1.29, 1.82) is 0 Å². The molecule has 0 unspecified atom stereocenters. The van der Waals surface area contributed by atoms with Gasteiger partial charge in [0.05, 0.1) is 5.69 Å². The Hall–Kier alpha value is -2.26. The van der Waals surface area contributed by atoms with E-state index in [1.165, 1.54) is 11.8 Å². The summed E-state index contributed by atoms with van der Waals surface area (Å²) in [7, 11) is 0. The van der Waals surface area contributed by atoms with Crippen molar-refractivity contribution in [3.63, 3.8) is 0 Å². The van der Waals surface area contributed by atoms with Gasteiger partial charge in [-0.25, -0.2) is 4.79 Å². The van der Waals surface area contributed by atoms with E-state index in [-0.39, 0.29) is 37.2 Å². The fourth-order valence-corrected chi connectivity index (χ4v) is 2.46. The molecule has 1 aromatic heterocycles. The zero-order valence-corrected chi connectivity index (χ0v) is 13.5. The second kappa shape index (κ2) is 7.10. The van der Waals surface area contributed by atoms with Crippen LogP contribution in [0.5, 0.6) is 0 Å². The van der Waals surface area contributed by atoms with E-state index in [0.29, 0.717) is 13.1 Å². The first-order valence-corrected chi connectivity index (χ1v) is 7.58. The van der Waals surface area contributed by atoms with Crippen molar-refractivity contribution in [3.05, 3.63) is 17.5 Å². The van der Waals surface area contributed by atoms with Crippen molar-refractivity contribution in [3.8, 4) is 0 Å². The van der Waals surface area contributed by atoms with Gasteiger partial charge >= 0.3 is 12.2 Å². The monoisotopic (exact) mass is 347 g/mol. The average molecular weight is 347 g/mol. The third-order valence-corrected chi connectivity index (χ3v) is 3.60. The lowest BCUT2D eigenvalue weighted by Gasteiger charge is -2.27. The number of nitrogens with zero attached hydrogens (tertiary/aromatic N) is 3. The summed E-state index contributed by atoms with van der Waals surface area (Å²) in [6, 6.07) is 0.599. The molecule has 3 amide bonds. The van der Waals surface area contributed by atoms with Crippen molar-refractivity contribution in [2.75, 3.05) is 26.2 Å². The zero-order chi connectivity index (χ0) is 17.9. The molecule has 0 spiro atoms. The molecular formula is C14H20F3N5O2. The number of hydrogen-bond acceptors (Lipinski definition) is 3. The van der Waals surface area contributed by atoms with Crippen LogP contribution in [0.3, 0.4) is 0 Å². The summed E-state index contributed by atoms with van der Waals surface area (Å²) in [5, 5.41) is 9.12. The molecule has 0 saturated carbocycles. The highest BCUT2D eigenvalue weighted by Crippen LogP contribution is 2.30. The number of piperazine rings is 1. The Morgan fingerprint density at radius 1 is 1.50 bits per heavy atom. The van der Waals surface area contributed by atoms with Crippen LogP contribution >= 0.6 is 0 Å². The van der Waals surface area contributed by atoms with Crippen molar-refractivity contribution in [1.82, 2.24) is 25.3 Å². The number of aryl methyl sites for hydroxylation is 1. The number of rotatable bonds is 4. The fraction of sp³-hybridized carbons (Fsp3) is 0.643. The Balaban J connectivity index is 1.88. The molecule has 0 aliphatic carbocycles. The molecule has 10 heteroatoms. The number of nitrogens with one attached hydrogen (secondary N) is 2. The number of carbonyl (C=O) groups is 2. The molecule has 1 atom stereocenters. The van der Waals surface area contributed by atoms with Gasteiger partial charge in [-0.1, -0.05) is 6.92 Å². The predicted molar refractivity (Wildman–Crippen MR) is 79.1 cm³/mol. The minimum absolute atomic E-state index is 0.0171. The first kappa shape index (κ1) is 18.1. The topological polar surface area (TPSA) is 79.3 Å². The summed E-state index contributed by atoms with van der Waals surface area (Å²) in [6.45, 7) is 4.22. The zero-order valence-electron chi connectivity index (χ0n) is 13.5. The third kappa shape index (κ3) is 4.62. The lowest BCUT2D eigenvalue weighted by molar-refractivity contribution is -0.144. The van der Waals surface area contributed by atoms with Gasteiger partial charge in [-0.3, -0.25) is 9.48 Å². The van der Waals surface area contributed by atoms with Crippen LogP contribution in [0.1, 0.15) is 18.3 Å². The molecule has 134 valence electrons. The molecule has 7 nitrogen and oxygen atoms in total. The van der Waals surface area contributed by atoms with Crippen LogP contribution in [0.4, 0.5) is 18.0 Å². The van der Waals surface area contributed by atoms with E-state index in [1.54, 1.807) is 6.92 Å². The van der Waals surface area contributed by atoms with Gasteiger partial charge in [0, 0.05) is 26.2 Å². The molecule has 1 fully saturated rings. The summed E-state index contributed by atoms with van der Waals surface area (Å²) < 4.78 is 39.7. The van der Waals surface area contributed by atoms with Gasteiger partial charge < -0.3 is 15.5 Å². The molecule has 2 heterocycles. The second-order valence-electron chi connectivity index (χ2n) is 5.91. The number of amides is 3. The van der Waals surface area contributed by atoms with Gasteiger partial charge in [0.1, 0.15) is 12.2 Å². The van der Waals surface area contributed by atoms with E-state index in [4.69, 9.17) is 0 Å². The van der Waals surface area contributed by atoms with Crippen molar-refractivity contribution < 1.29 is 22.8 Å². The molecule has 1 saturated heterocycles. The van der Waals surface area contributed by atoms with E-state index in [2.05, 4.69) is 15.7 Å². The van der Waals surface area contributed by atoms with Crippen LogP contribution in [-0.2, 0) is 17.5 Å². The van der Waals surface area contributed by atoms with Gasteiger partial charge in [0.25, 0.3) is 0 Å². The summed E-state index contributed by atoms with van der Waals surface area (Å²) >= 11 is 0. The van der Waals surface area contributed by atoms with Gasteiger partial charge in [0.2, 0.25) is 5.91 Å². The molecule has 0 bridgehead atoms. The number of alkyl halides is 3. The molecule has 0 radical (unpaired) electrons. The summed E-state index contributed by atoms with van der Waals surface area (Å²) in [6.07, 6.45) is -4.47. The maximum atomic E-state index is 12.9. The highest BCUT2D eigenvalue weighted by molar-refractivity contribution is 5.85. The number of halogens is 3.